The standard InChI is InChI=1S/C16H15ClN2OS/c1-2-3-8-20-12-6-4-11(5-7-12)14-9-13-15(21-14)16(17)19-10-18-13/h4-7,9-10H,2-3,8H2,1H3. The van der Waals surface area contributed by atoms with Gasteiger partial charge >= 0.3 is 0 Å². The summed E-state index contributed by atoms with van der Waals surface area (Å²) in [4.78, 5) is 9.39. The Morgan fingerprint density at radius 2 is 2.00 bits per heavy atom. The van der Waals surface area contributed by atoms with Crippen molar-refractivity contribution in [2.24, 2.45) is 0 Å². The summed E-state index contributed by atoms with van der Waals surface area (Å²) in [6.45, 7) is 2.92. The zero-order valence-corrected chi connectivity index (χ0v) is 13.2. The van der Waals surface area contributed by atoms with E-state index in [1.807, 2.05) is 18.2 Å². The summed E-state index contributed by atoms with van der Waals surface area (Å²) < 4.78 is 6.60. The summed E-state index contributed by atoms with van der Waals surface area (Å²) in [6.07, 6.45) is 3.71. The first kappa shape index (κ1) is 14.3. The minimum absolute atomic E-state index is 0.510. The zero-order chi connectivity index (χ0) is 14.7. The van der Waals surface area contributed by atoms with Crippen LogP contribution in [0.15, 0.2) is 36.7 Å². The van der Waals surface area contributed by atoms with Crippen LogP contribution in [0.25, 0.3) is 20.7 Å². The van der Waals surface area contributed by atoms with Gasteiger partial charge in [-0.05, 0) is 42.3 Å². The maximum absolute atomic E-state index is 6.09. The fraction of sp³-hybridized carbons (Fsp3) is 0.250. The number of hydrogen-bond acceptors (Lipinski definition) is 4. The Bertz CT molecular complexity index is 740. The lowest BCUT2D eigenvalue weighted by Gasteiger charge is -2.05. The molecule has 0 saturated carbocycles. The van der Waals surface area contributed by atoms with Gasteiger partial charge in [-0.1, -0.05) is 24.9 Å². The Balaban J connectivity index is 1.83. The van der Waals surface area contributed by atoms with E-state index in [-0.39, 0.29) is 0 Å². The van der Waals surface area contributed by atoms with Crippen LogP contribution in [0.3, 0.4) is 0 Å². The number of hydrogen-bond donors (Lipinski definition) is 0. The monoisotopic (exact) mass is 318 g/mol. The molecule has 1 aromatic carbocycles. The molecule has 0 aliphatic heterocycles. The molecule has 0 unspecified atom stereocenters. The van der Waals surface area contributed by atoms with Gasteiger partial charge < -0.3 is 4.74 Å². The average molecular weight is 319 g/mol. The fourth-order valence-corrected chi connectivity index (χ4v) is 3.27. The van der Waals surface area contributed by atoms with Gasteiger partial charge in [-0.25, -0.2) is 9.97 Å². The molecule has 5 heteroatoms. The zero-order valence-electron chi connectivity index (χ0n) is 11.7. The topological polar surface area (TPSA) is 35.0 Å². The fourth-order valence-electron chi connectivity index (χ4n) is 2.02. The first-order valence-electron chi connectivity index (χ1n) is 6.91. The van der Waals surface area contributed by atoms with Crippen LogP contribution in [-0.2, 0) is 0 Å². The minimum Gasteiger partial charge on any atom is -0.494 e. The van der Waals surface area contributed by atoms with Crippen molar-refractivity contribution in [3.63, 3.8) is 0 Å². The Hall–Kier alpha value is -1.65. The SMILES string of the molecule is CCCCOc1ccc(-c2cc3ncnc(Cl)c3s2)cc1. The van der Waals surface area contributed by atoms with E-state index < -0.39 is 0 Å². The molecule has 3 nitrogen and oxygen atoms in total. The molecule has 0 radical (unpaired) electrons. The van der Waals surface area contributed by atoms with Gasteiger partial charge in [-0.15, -0.1) is 11.3 Å². The van der Waals surface area contributed by atoms with Crippen molar-refractivity contribution in [3.8, 4) is 16.2 Å². The third-order valence-corrected chi connectivity index (χ3v) is 4.75. The normalized spacial score (nSPS) is 11.0. The first-order chi connectivity index (χ1) is 10.3. The summed E-state index contributed by atoms with van der Waals surface area (Å²) >= 11 is 7.70. The first-order valence-corrected chi connectivity index (χ1v) is 8.10. The highest BCUT2D eigenvalue weighted by atomic mass is 35.5. The molecule has 3 aromatic rings. The van der Waals surface area contributed by atoms with E-state index in [0.717, 1.165) is 45.9 Å². The Morgan fingerprint density at radius 1 is 1.19 bits per heavy atom. The highest BCUT2D eigenvalue weighted by Gasteiger charge is 2.08. The summed E-state index contributed by atoms with van der Waals surface area (Å²) in [6, 6.07) is 10.2. The number of benzene rings is 1. The smallest absolute Gasteiger partial charge is 0.150 e. The summed E-state index contributed by atoms with van der Waals surface area (Å²) in [5.74, 6) is 0.908. The number of nitrogens with zero attached hydrogens (tertiary/aromatic N) is 2. The Kier molecular flexibility index (Phi) is 4.36. The van der Waals surface area contributed by atoms with E-state index in [4.69, 9.17) is 16.3 Å². The van der Waals surface area contributed by atoms with Gasteiger partial charge in [0, 0.05) is 4.88 Å². The molecule has 0 amide bonds. The van der Waals surface area contributed by atoms with Gasteiger partial charge in [-0.2, -0.15) is 0 Å². The van der Waals surface area contributed by atoms with Crippen LogP contribution in [-0.4, -0.2) is 16.6 Å². The molecule has 0 saturated heterocycles. The molecule has 0 spiro atoms. The van der Waals surface area contributed by atoms with Crippen molar-refractivity contribution in [3.05, 3.63) is 41.8 Å². The van der Waals surface area contributed by atoms with E-state index in [1.54, 1.807) is 11.3 Å². The van der Waals surface area contributed by atoms with Crippen LogP contribution < -0.4 is 4.74 Å². The number of thiophene rings is 1. The Morgan fingerprint density at radius 3 is 2.71 bits per heavy atom. The molecule has 2 heterocycles. The minimum atomic E-state index is 0.510. The van der Waals surface area contributed by atoms with Gasteiger partial charge in [0.05, 0.1) is 16.8 Å². The van der Waals surface area contributed by atoms with Crippen LogP contribution in [0.5, 0.6) is 5.75 Å². The quantitative estimate of drug-likeness (QED) is 0.479. The molecule has 3 rings (SSSR count). The van der Waals surface area contributed by atoms with Gasteiger partial charge in [0.25, 0.3) is 0 Å². The predicted molar refractivity (Wildman–Crippen MR) is 88.3 cm³/mol. The van der Waals surface area contributed by atoms with Gasteiger partial charge in [0.15, 0.2) is 0 Å². The molecule has 2 aromatic heterocycles. The summed E-state index contributed by atoms with van der Waals surface area (Å²) in [7, 11) is 0. The van der Waals surface area contributed by atoms with Gasteiger partial charge in [0.1, 0.15) is 17.2 Å². The Labute approximate surface area is 132 Å². The molecular weight excluding hydrogens is 304 g/mol. The molecule has 0 N–H and O–H groups in total. The van der Waals surface area contributed by atoms with Gasteiger partial charge in [-0.3, -0.25) is 0 Å². The molecule has 108 valence electrons. The lowest BCUT2D eigenvalue weighted by molar-refractivity contribution is 0.309. The summed E-state index contributed by atoms with van der Waals surface area (Å²) in [5.41, 5.74) is 2.02. The molecule has 0 bridgehead atoms. The van der Waals surface area contributed by atoms with Crippen LogP contribution in [0, 0.1) is 0 Å². The number of rotatable bonds is 5. The molecule has 21 heavy (non-hydrogen) atoms. The average Bonchev–Trinajstić information content (AvgIpc) is 2.94. The molecule has 0 fully saturated rings. The van der Waals surface area contributed by atoms with Crippen LogP contribution in [0.2, 0.25) is 5.15 Å². The van der Waals surface area contributed by atoms with Crippen molar-refractivity contribution >= 4 is 33.2 Å². The highest BCUT2D eigenvalue weighted by molar-refractivity contribution is 7.22. The maximum Gasteiger partial charge on any atom is 0.150 e. The van der Waals surface area contributed by atoms with Crippen molar-refractivity contribution in [2.75, 3.05) is 6.61 Å². The number of unbranched alkanes of at least 4 members (excludes halogenated alkanes) is 1. The van der Waals surface area contributed by atoms with E-state index in [9.17, 15) is 0 Å². The number of aromatic nitrogens is 2. The molecule has 0 aliphatic rings. The van der Waals surface area contributed by atoms with Gasteiger partial charge in [0.2, 0.25) is 0 Å². The molecular formula is C16H15ClN2OS. The molecule has 0 aliphatic carbocycles. The lowest BCUT2D eigenvalue weighted by atomic mass is 10.2. The predicted octanol–water partition coefficient (Wildman–Crippen LogP) is 5.19. The second kappa shape index (κ2) is 6.41. The summed E-state index contributed by atoms with van der Waals surface area (Å²) in [5, 5.41) is 0.510. The van der Waals surface area contributed by atoms with E-state index >= 15 is 0 Å². The largest absolute Gasteiger partial charge is 0.494 e. The second-order valence-corrected chi connectivity index (χ2v) is 6.13. The maximum atomic E-state index is 6.09. The van der Waals surface area contributed by atoms with E-state index in [2.05, 4.69) is 29.0 Å². The van der Waals surface area contributed by atoms with Crippen molar-refractivity contribution in [2.45, 2.75) is 19.8 Å². The van der Waals surface area contributed by atoms with Crippen molar-refractivity contribution < 1.29 is 4.74 Å². The van der Waals surface area contributed by atoms with Crippen molar-refractivity contribution in [1.29, 1.82) is 0 Å². The lowest BCUT2D eigenvalue weighted by Crippen LogP contribution is -1.95. The van der Waals surface area contributed by atoms with Crippen molar-refractivity contribution in [1.82, 2.24) is 9.97 Å². The van der Waals surface area contributed by atoms with Crippen LogP contribution in [0.4, 0.5) is 0 Å². The molecule has 0 atom stereocenters. The van der Waals surface area contributed by atoms with E-state index in [1.165, 1.54) is 6.33 Å². The number of halogens is 1. The third-order valence-electron chi connectivity index (χ3n) is 3.17. The number of ether oxygens (including phenoxy) is 1. The highest BCUT2D eigenvalue weighted by Crippen LogP contribution is 2.35. The second-order valence-electron chi connectivity index (χ2n) is 4.72. The van der Waals surface area contributed by atoms with E-state index in [0.29, 0.717) is 5.15 Å². The number of fused-ring (bicyclic) bond motifs is 1. The van der Waals surface area contributed by atoms with Crippen LogP contribution >= 0.6 is 22.9 Å². The van der Waals surface area contributed by atoms with Crippen LogP contribution in [0.1, 0.15) is 19.8 Å². The third kappa shape index (κ3) is 3.17.